The van der Waals surface area contributed by atoms with Gasteiger partial charge in [-0.3, -0.25) is 4.57 Å². The monoisotopic (exact) mass is 555 g/mol. The maximum Gasteiger partial charge on any atom is 0.167 e. The molecule has 2 unspecified atom stereocenters. The zero-order valence-corrected chi connectivity index (χ0v) is 22.6. The maximum atomic E-state index is 16.1. The number of imidazole rings is 1. The predicted molar refractivity (Wildman–Crippen MR) is 153 cm³/mol. The van der Waals surface area contributed by atoms with E-state index in [0.717, 1.165) is 63.5 Å². The first-order chi connectivity index (χ1) is 20.0. The first-order valence-corrected chi connectivity index (χ1v) is 14.2. The second kappa shape index (κ2) is 10.4. The molecule has 210 valence electrons. The van der Waals surface area contributed by atoms with Crippen molar-refractivity contribution in [1.82, 2.24) is 14.5 Å². The molecule has 3 aliphatic rings. The number of anilines is 2. The molecule has 5 heterocycles. The number of ether oxygens (including phenoxy) is 1. The van der Waals surface area contributed by atoms with Crippen LogP contribution < -0.4 is 15.5 Å². The van der Waals surface area contributed by atoms with E-state index in [9.17, 15) is 9.65 Å². The number of nitrogens with two attached hydrogens (primary N) is 1. The first kappa shape index (κ1) is 25.9. The lowest BCUT2D eigenvalue weighted by molar-refractivity contribution is 0.177. The van der Waals surface area contributed by atoms with Crippen LogP contribution in [0.5, 0.6) is 0 Å². The number of aromatic nitrogens is 3. The van der Waals surface area contributed by atoms with E-state index in [2.05, 4.69) is 14.8 Å². The first-order valence-electron chi connectivity index (χ1n) is 14.2. The normalized spacial score (nSPS) is 22.6. The number of nitrogens with zero attached hydrogens (tertiary/aromatic N) is 6. The standard InChI is InChI=1S/C31H31F2N7O/c32-25-11-19(4-5-20(25)13-34)30-37-29-28(38-10-2-1-3-23(35)16-38)8-9-36-31(29)40(30)27-7-6-24(12-26(27)33)39-14-21-17-41-18-22(21)15-39/h4-9,11-12,21-23H,1-3,10,14-18,35H2/t21?,22?,23-/m1/s1. The SMILES string of the molecule is N#Cc1ccc(-c2nc3c(N4CCCC[C@@H](N)C4)ccnc3n2-c2ccc(N3CC4COCC4C3)cc2F)cc1F. The quantitative estimate of drug-likeness (QED) is 0.392. The number of hydrogen-bond donors (Lipinski definition) is 1. The van der Waals surface area contributed by atoms with Gasteiger partial charge in [-0.2, -0.15) is 5.26 Å². The van der Waals surface area contributed by atoms with Gasteiger partial charge in [0, 0.05) is 61.5 Å². The van der Waals surface area contributed by atoms with E-state index in [4.69, 9.17) is 15.5 Å². The Kier molecular flexibility index (Phi) is 6.56. The van der Waals surface area contributed by atoms with Crippen molar-refractivity contribution in [3.05, 3.63) is 65.9 Å². The number of rotatable bonds is 4. The molecule has 8 nitrogen and oxygen atoms in total. The van der Waals surface area contributed by atoms with Gasteiger partial charge in [0.05, 0.1) is 30.2 Å². The summed E-state index contributed by atoms with van der Waals surface area (Å²) in [5, 5.41) is 9.26. The van der Waals surface area contributed by atoms with Gasteiger partial charge in [0.25, 0.3) is 0 Å². The molecule has 7 rings (SSSR count). The van der Waals surface area contributed by atoms with Crippen molar-refractivity contribution in [1.29, 1.82) is 5.26 Å². The fourth-order valence-corrected chi connectivity index (χ4v) is 6.55. The fourth-order valence-electron chi connectivity index (χ4n) is 6.55. The summed E-state index contributed by atoms with van der Waals surface area (Å²) in [4.78, 5) is 14.0. The molecule has 0 bridgehead atoms. The Bertz CT molecular complexity index is 1650. The van der Waals surface area contributed by atoms with Crippen LogP contribution >= 0.6 is 0 Å². The molecule has 2 aromatic carbocycles. The van der Waals surface area contributed by atoms with Crippen LogP contribution in [0.3, 0.4) is 0 Å². The third-order valence-electron chi connectivity index (χ3n) is 8.70. The minimum absolute atomic E-state index is 0.0385. The molecule has 10 heteroatoms. The Labute approximate surface area is 237 Å². The van der Waals surface area contributed by atoms with Gasteiger partial charge in [0.15, 0.2) is 5.65 Å². The molecule has 2 aromatic heterocycles. The van der Waals surface area contributed by atoms with Crippen molar-refractivity contribution in [3.8, 4) is 23.1 Å². The molecular formula is C31H31F2N7O. The van der Waals surface area contributed by atoms with E-state index in [1.54, 1.807) is 29.0 Å². The van der Waals surface area contributed by atoms with Gasteiger partial charge < -0.3 is 20.3 Å². The maximum absolute atomic E-state index is 16.1. The summed E-state index contributed by atoms with van der Waals surface area (Å²) < 4.78 is 38.1. The van der Waals surface area contributed by atoms with Gasteiger partial charge >= 0.3 is 0 Å². The van der Waals surface area contributed by atoms with E-state index in [0.29, 0.717) is 40.9 Å². The smallest absolute Gasteiger partial charge is 0.167 e. The Hall–Kier alpha value is -4.07. The number of hydrogen-bond acceptors (Lipinski definition) is 7. The molecule has 0 saturated carbocycles. The minimum atomic E-state index is -0.658. The van der Waals surface area contributed by atoms with Crippen LogP contribution in [0.4, 0.5) is 20.2 Å². The van der Waals surface area contributed by atoms with Crippen LogP contribution in [0.2, 0.25) is 0 Å². The van der Waals surface area contributed by atoms with Gasteiger partial charge in [0.2, 0.25) is 0 Å². The highest BCUT2D eigenvalue weighted by Crippen LogP contribution is 2.37. The highest BCUT2D eigenvalue weighted by molar-refractivity contribution is 5.90. The van der Waals surface area contributed by atoms with E-state index in [1.807, 2.05) is 18.2 Å². The molecule has 3 atom stereocenters. The van der Waals surface area contributed by atoms with Crippen LogP contribution in [0.15, 0.2) is 48.7 Å². The molecule has 2 N–H and O–H groups in total. The van der Waals surface area contributed by atoms with Gasteiger partial charge in [-0.1, -0.05) is 6.42 Å². The van der Waals surface area contributed by atoms with Crippen LogP contribution in [-0.4, -0.2) is 60.0 Å². The van der Waals surface area contributed by atoms with Crippen molar-refractivity contribution in [2.75, 3.05) is 49.2 Å². The molecule has 3 aliphatic heterocycles. The molecule has 3 saturated heterocycles. The van der Waals surface area contributed by atoms with Gasteiger partial charge in [-0.25, -0.2) is 18.7 Å². The second-order valence-corrected chi connectivity index (χ2v) is 11.4. The number of pyridine rings is 1. The van der Waals surface area contributed by atoms with E-state index < -0.39 is 11.6 Å². The van der Waals surface area contributed by atoms with Gasteiger partial charge in [-0.15, -0.1) is 0 Å². The summed E-state index contributed by atoms with van der Waals surface area (Å²) in [6.45, 7) is 4.70. The fraction of sp³-hybridized carbons (Fsp3) is 0.387. The van der Waals surface area contributed by atoms with Crippen molar-refractivity contribution < 1.29 is 13.5 Å². The van der Waals surface area contributed by atoms with E-state index in [1.165, 1.54) is 12.1 Å². The molecule has 0 radical (unpaired) electrons. The zero-order chi connectivity index (χ0) is 28.1. The topological polar surface area (TPSA) is 96.2 Å². The van der Waals surface area contributed by atoms with Crippen LogP contribution in [0, 0.1) is 34.8 Å². The third kappa shape index (κ3) is 4.59. The zero-order valence-electron chi connectivity index (χ0n) is 22.6. The van der Waals surface area contributed by atoms with Crippen molar-refractivity contribution in [2.24, 2.45) is 17.6 Å². The number of benzene rings is 2. The summed E-state index contributed by atoms with van der Waals surface area (Å²) in [5.41, 5.74) is 9.76. The Morgan fingerprint density at radius 1 is 0.927 bits per heavy atom. The Balaban J connectivity index is 1.37. The molecule has 41 heavy (non-hydrogen) atoms. The lowest BCUT2D eigenvalue weighted by Crippen LogP contribution is -2.35. The minimum Gasteiger partial charge on any atom is -0.381 e. The van der Waals surface area contributed by atoms with Crippen molar-refractivity contribution >= 4 is 22.5 Å². The molecule has 0 spiro atoms. The van der Waals surface area contributed by atoms with Crippen LogP contribution in [0.25, 0.3) is 28.2 Å². The summed E-state index contributed by atoms with van der Waals surface area (Å²) in [6.07, 6.45) is 4.72. The number of nitriles is 1. The summed E-state index contributed by atoms with van der Waals surface area (Å²) in [7, 11) is 0. The number of halogens is 2. The highest BCUT2D eigenvalue weighted by Gasteiger charge is 2.37. The van der Waals surface area contributed by atoms with Crippen LogP contribution in [0.1, 0.15) is 24.8 Å². The summed E-state index contributed by atoms with van der Waals surface area (Å²) in [6, 6.07) is 13.4. The third-order valence-corrected chi connectivity index (χ3v) is 8.70. The summed E-state index contributed by atoms with van der Waals surface area (Å²) >= 11 is 0. The molecule has 0 amide bonds. The van der Waals surface area contributed by atoms with Crippen molar-refractivity contribution in [2.45, 2.75) is 25.3 Å². The number of fused-ring (bicyclic) bond motifs is 2. The largest absolute Gasteiger partial charge is 0.381 e. The average molecular weight is 556 g/mol. The second-order valence-electron chi connectivity index (χ2n) is 11.4. The predicted octanol–water partition coefficient (Wildman–Crippen LogP) is 4.64. The van der Waals surface area contributed by atoms with E-state index >= 15 is 4.39 Å². The lowest BCUT2D eigenvalue weighted by atomic mass is 10.0. The Morgan fingerprint density at radius 2 is 1.76 bits per heavy atom. The highest BCUT2D eigenvalue weighted by atomic mass is 19.1. The molecular weight excluding hydrogens is 524 g/mol. The molecule has 4 aromatic rings. The van der Waals surface area contributed by atoms with Crippen molar-refractivity contribution in [3.63, 3.8) is 0 Å². The Morgan fingerprint density at radius 3 is 2.51 bits per heavy atom. The summed E-state index contributed by atoms with van der Waals surface area (Å²) in [5.74, 6) is 0.219. The van der Waals surface area contributed by atoms with Crippen LogP contribution in [-0.2, 0) is 4.74 Å². The van der Waals surface area contributed by atoms with E-state index in [-0.39, 0.29) is 17.3 Å². The van der Waals surface area contributed by atoms with Gasteiger partial charge in [-0.05, 0) is 55.3 Å². The molecule has 0 aliphatic carbocycles. The lowest BCUT2D eigenvalue weighted by Gasteiger charge is -2.25. The molecule has 3 fully saturated rings. The average Bonchev–Trinajstić information content (AvgIpc) is 3.64. The van der Waals surface area contributed by atoms with Gasteiger partial charge in [0.1, 0.15) is 29.0 Å².